The van der Waals surface area contributed by atoms with E-state index < -0.39 is 52.9 Å². The van der Waals surface area contributed by atoms with Crippen molar-refractivity contribution >= 4 is 29.7 Å². The van der Waals surface area contributed by atoms with E-state index in [0.29, 0.717) is 5.56 Å². The predicted molar refractivity (Wildman–Crippen MR) is 170 cm³/mol. The van der Waals surface area contributed by atoms with Gasteiger partial charge in [-0.25, -0.2) is 19.0 Å². The highest BCUT2D eigenvalue weighted by Gasteiger charge is 2.35. The van der Waals surface area contributed by atoms with Gasteiger partial charge in [-0.2, -0.15) is 0 Å². The number of hydrogen-bond donors (Lipinski definition) is 3. The lowest BCUT2D eigenvalue weighted by atomic mass is 10.0. The van der Waals surface area contributed by atoms with Crippen molar-refractivity contribution in [1.82, 2.24) is 20.2 Å². The first-order valence-electron chi connectivity index (χ1n) is 14.4. The maximum absolute atomic E-state index is 13.6. The molecule has 0 radical (unpaired) electrons. The number of amides is 3. The molecule has 3 amide bonds. The van der Waals surface area contributed by atoms with E-state index in [-0.39, 0.29) is 33.1 Å². The van der Waals surface area contributed by atoms with Crippen molar-refractivity contribution in [2.24, 2.45) is 0 Å². The molecule has 0 bridgehead atoms. The number of alkyl carbamates (subject to hydrolysis) is 1. The summed E-state index contributed by atoms with van der Waals surface area (Å²) in [6.45, 7) is 9.78. The summed E-state index contributed by atoms with van der Waals surface area (Å²) in [6, 6.07) is 12.4. The van der Waals surface area contributed by atoms with Gasteiger partial charge in [0.1, 0.15) is 23.0 Å². The molecule has 46 heavy (non-hydrogen) atoms. The molecule has 13 heteroatoms. The summed E-state index contributed by atoms with van der Waals surface area (Å²) in [5, 5.41) is 7.79. The second-order valence-electron chi connectivity index (χ2n) is 11.7. The van der Waals surface area contributed by atoms with Crippen molar-refractivity contribution in [3.8, 4) is 0 Å². The van der Waals surface area contributed by atoms with E-state index in [1.165, 1.54) is 55.2 Å². The fourth-order valence-electron chi connectivity index (χ4n) is 4.06. The van der Waals surface area contributed by atoms with Gasteiger partial charge < -0.3 is 34.7 Å². The highest BCUT2D eigenvalue weighted by molar-refractivity contribution is 5.98. The van der Waals surface area contributed by atoms with Crippen LogP contribution in [0.5, 0.6) is 0 Å². The first-order chi connectivity index (χ1) is 21.2. The summed E-state index contributed by atoms with van der Waals surface area (Å²) in [6.07, 6.45) is 1.95. The highest BCUT2D eigenvalue weighted by Crippen LogP contribution is 2.22. The molecule has 1 aromatic heterocycles. The van der Waals surface area contributed by atoms with Gasteiger partial charge in [-0.05, 0) is 64.8 Å². The summed E-state index contributed by atoms with van der Waals surface area (Å²) in [4.78, 5) is 56.1. The first kappa shape index (κ1) is 37.4. The molecule has 0 spiro atoms. The Labute approximate surface area is 269 Å². The summed E-state index contributed by atoms with van der Waals surface area (Å²) in [5.41, 5.74) is -0.926. The van der Waals surface area contributed by atoms with Gasteiger partial charge in [-0.1, -0.05) is 49.9 Å². The van der Waals surface area contributed by atoms with Gasteiger partial charge >= 0.3 is 12.1 Å². The molecule has 2 atom stereocenters. The maximum atomic E-state index is 13.6. The zero-order chi connectivity index (χ0) is 33.2. The van der Waals surface area contributed by atoms with E-state index in [0.717, 1.165) is 5.56 Å². The van der Waals surface area contributed by atoms with Gasteiger partial charge in [-0.15, -0.1) is 0 Å². The Morgan fingerprint density at radius 1 is 0.978 bits per heavy atom. The number of ether oxygens (including phenoxy) is 3. The Kier molecular flexibility index (Phi) is 13.4. The third-order valence-corrected chi connectivity index (χ3v) is 6.25. The number of carbonyl (C=O) groups excluding carboxylic acids is 4. The van der Waals surface area contributed by atoms with Crippen molar-refractivity contribution in [1.29, 1.82) is 0 Å². The number of hydrogen-bond acceptors (Lipinski definition) is 8. The average Bonchev–Trinajstić information content (AvgIpc) is 3.40. The van der Waals surface area contributed by atoms with Gasteiger partial charge in [0, 0.05) is 6.20 Å². The number of carbonyl (C=O) groups is 4. The van der Waals surface area contributed by atoms with Gasteiger partial charge in [0.05, 0.1) is 26.1 Å². The molecule has 2 aromatic carbocycles. The van der Waals surface area contributed by atoms with Crippen LogP contribution in [0.25, 0.3) is 0 Å². The summed E-state index contributed by atoms with van der Waals surface area (Å²) < 4.78 is 31.2. The number of halogens is 1. The van der Waals surface area contributed by atoms with Crippen molar-refractivity contribution in [2.75, 3.05) is 18.5 Å². The Morgan fingerprint density at radius 2 is 1.63 bits per heavy atom. The fraction of sp³-hybridized carbons (Fsp3) is 0.424. The minimum Gasteiger partial charge on any atom is -0.464 e. The van der Waals surface area contributed by atoms with Gasteiger partial charge in [0.25, 0.3) is 5.91 Å². The fourth-order valence-corrected chi connectivity index (χ4v) is 4.06. The molecule has 0 fully saturated rings. The molecular weight excluding hydrogens is 597 g/mol. The van der Waals surface area contributed by atoms with Crippen LogP contribution < -0.4 is 16.0 Å². The number of nitrogens with zero attached hydrogens (tertiary/aromatic N) is 2. The number of aromatic nitrogens is 2. The van der Waals surface area contributed by atoms with Crippen LogP contribution in [0, 0.1) is 5.82 Å². The predicted octanol–water partition coefficient (Wildman–Crippen LogP) is 4.75. The number of anilines is 1. The topological polar surface area (TPSA) is 150 Å². The average molecular weight is 642 g/mol. The van der Waals surface area contributed by atoms with E-state index in [1.807, 2.05) is 30.3 Å². The van der Waals surface area contributed by atoms with Crippen molar-refractivity contribution in [3.05, 3.63) is 84.1 Å². The SMILES string of the molecule is C.CCOC(=O)C(c1ccc(F)cc1)n1cnc(NC(=O)[C@@H](COCc2ccccc2)NC(=O)C(C)(C)NC(=O)OC(C)(C)C)c1. The molecule has 1 heterocycles. The lowest BCUT2D eigenvalue weighted by molar-refractivity contribution is -0.145. The van der Waals surface area contributed by atoms with Crippen LogP contribution in [-0.2, 0) is 35.2 Å². The quantitative estimate of drug-likeness (QED) is 0.226. The van der Waals surface area contributed by atoms with Crippen LogP contribution in [0.3, 0.4) is 0 Å². The number of imidazole rings is 1. The summed E-state index contributed by atoms with van der Waals surface area (Å²) in [5.74, 6) is -2.32. The minimum absolute atomic E-state index is 0. The second kappa shape index (κ2) is 16.5. The number of rotatable bonds is 13. The number of nitrogens with one attached hydrogen (secondary N) is 3. The van der Waals surface area contributed by atoms with E-state index in [9.17, 15) is 23.6 Å². The summed E-state index contributed by atoms with van der Waals surface area (Å²) in [7, 11) is 0. The second-order valence-corrected chi connectivity index (χ2v) is 11.7. The maximum Gasteiger partial charge on any atom is 0.408 e. The minimum atomic E-state index is -1.45. The Bertz CT molecular complexity index is 1450. The van der Waals surface area contributed by atoms with Gasteiger partial charge in [-0.3, -0.25) is 9.59 Å². The Hall–Kier alpha value is -4.78. The molecule has 0 aliphatic carbocycles. The van der Waals surface area contributed by atoms with E-state index in [4.69, 9.17) is 14.2 Å². The first-order valence-corrected chi connectivity index (χ1v) is 14.4. The zero-order valence-corrected chi connectivity index (χ0v) is 26.3. The van der Waals surface area contributed by atoms with Gasteiger partial charge in [0.15, 0.2) is 11.9 Å². The molecule has 3 N–H and O–H groups in total. The van der Waals surface area contributed by atoms with E-state index >= 15 is 0 Å². The third kappa shape index (κ3) is 11.3. The Morgan fingerprint density at radius 3 is 2.24 bits per heavy atom. The van der Waals surface area contributed by atoms with Crippen LogP contribution in [0.15, 0.2) is 67.1 Å². The molecule has 0 saturated carbocycles. The molecule has 12 nitrogen and oxygen atoms in total. The van der Waals surface area contributed by atoms with Crippen molar-refractivity contribution < 1.29 is 37.8 Å². The molecule has 250 valence electrons. The van der Waals surface area contributed by atoms with Crippen LogP contribution in [0.2, 0.25) is 0 Å². The molecule has 3 aromatic rings. The standard InChI is InChI=1S/C32H40FN5O7.CH4/c1-7-44-28(40)26(22-13-15-23(33)16-14-22)38-17-25(34-20-38)36-27(39)24(19-43-18-21-11-9-8-10-12-21)35-29(41)32(5,6)37-30(42)45-31(2,3)4;/h8-17,20,24,26H,7,18-19H2,1-6H3,(H,35,41)(H,36,39)(H,37,42);1H4/t24-,26?;/m1./s1. The van der Waals surface area contributed by atoms with Crippen LogP contribution in [0.4, 0.5) is 15.0 Å². The molecule has 0 aliphatic rings. The van der Waals surface area contributed by atoms with Crippen LogP contribution in [-0.4, -0.2) is 63.8 Å². The lowest BCUT2D eigenvalue weighted by Gasteiger charge is -2.29. The normalized spacial score (nSPS) is 12.6. The third-order valence-electron chi connectivity index (χ3n) is 6.25. The number of esters is 1. The molecule has 0 saturated heterocycles. The lowest BCUT2D eigenvalue weighted by Crippen LogP contribution is -2.59. The van der Waals surface area contributed by atoms with Gasteiger partial charge in [0.2, 0.25) is 5.91 Å². The zero-order valence-electron chi connectivity index (χ0n) is 26.3. The Balaban J connectivity index is 0.00000736. The van der Waals surface area contributed by atoms with Crippen LogP contribution >= 0.6 is 0 Å². The summed E-state index contributed by atoms with van der Waals surface area (Å²) >= 11 is 0. The van der Waals surface area contributed by atoms with E-state index in [1.54, 1.807) is 27.7 Å². The highest BCUT2D eigenvalue weighted by atomic mass is 19.1. The number of benzene rings is 2. The molecule has 0 aliphatic heterocycles. The smallest absolute Gasteiger partial charge is 0.408 e. The molecular formula is C33H44FN5O7. The molecule has 3 rings (SSSR count). The largest absolute Gasteiger partial charge is 0.464 e. The van der Waals surface area contributed by atoms with E-state index in [2.05, 4.69) is 20.9 Å². The van der Waals surface area contributed by atoms with Crippen molar-refractivity contribution in [2.45, 2.75) is 78.8 Å². The van der Waals surface area contributed by atoms with Crippen LogP contribution in [0.1, 0.15) is 66.1 Å². The monoisotopic (exact) mass is 641 g/mol. The molecule has 1 unspecified atom stereocenters. The van der Waals surface area contributed by atoms with Crippen molar-refractivity contribution in [3.63, 3.8) is 0 Å².